The Morgan fingerprint density at radius 2 is 1.94 bits per heavy atom. The Labute approximate surface area is 101 Å². The van der Waals surface area contributed by atoms with E-state index in [1.807, 2.05) is 0 Å². The maximum atomic E-state index is 12.9. The molecule has 2 N–H and O–H groups in total. The number of aliphatic hydroxyl groups is 2. The molecule has 0 saturated heterocycles. The molecule has 0 aliphatic rings. The number of hydrogen-bond acceptors (Lipinski definition) is 3. The maximum absolute atomic E-state index is 12.9. The van der Waals surface area contributed by atoms with Crippen molar-refractivity contribution in [2.45, 2.75) is 31.8 Å². The Morgan fingerprint density at radius 3 is 2.59 bits per heavy atom. The molecule has 0 aliphatic carbocycles. The lowest BCUT2D eigenvalue weighted by Crippen LogP contribution is -2.13. The van der Waals surface area contributed by atoms with Crippen LogP contribution in [0.2, 0.25) is 6.04 Å². The fraction of sp³-hybridized carbons (Fsp3) is 0.455. The average molecular weight is 262 g/mol. The van der Waals surface area contributed by atoms with Crippen molar-refractivity contribution in [3.63, 3.8) is 0 Å². The van der Waals surface area contributed by atoms with Gasteiger partial charge in [0.2, 0.25) is 0 Å². The number of aryl methyl sites for hydroxylation is 1. The third-order valence-corrected chi connectivity index (χ3v) is 3.68. The first-order valence-electron chi connectivity index (χ1n) is 5.51. The third kappa shape index (κ3) is 5.88. The van der Waals surface area contributed by atoms with Crippen molar-refractivity contribution >= 4 is 9.76 Å². The third-order valence-electron chi connectivity index (χ3n) is 2.36. The predicted molar refractivity (Wildman–Crippen MR) is 62.0 cm³/mol. The van der Waals surface area contributed by atoms with Crippen LogP contribution in [0.25, 0.3) is 0 Å². The first kappa shape index (κ1) is 14.2. The number of hydrogen-bond donors (Lipinski definition) is 2. The molecule has 0 spiro atoms. The molecule has 6 heteroatoms. The van der Waals surface area contributed by atoms with Gasteiger partial charge in [0.15, 0.2) is 21.4 Å². The smallest absolute Gasteiger partial charge is 0.256 e. The Hall–Kier alpha value is -0.823. The molecule has 1 rings (SSSR count). The molecule has 1 aromatic rings. The van der Waals surface area contributed by atoms with Crippen LogP contribution in [0.1, 0.15) is 18.4 Å². The summed E-state index contributed by atoms with van der Waals surface area (Å²) in [6.07, 6.45) is 2.42. The van der Waals surface area contributed by atoms with Crippen LogP contribution in [-0.2, 0) is 10.8 Å². The van der Waals surface area contributed by atoms with Crippen molar-refractivity contribution < 1.29 is 23.4 Å². The molecular formula is C11H16F2O3Si. The second-order valence-corrected chi connectivity index (χ2v) is 5.20. The van der Waals surface area contributed by atoms with Crippen LogP contribution in [0.5, 0.6) is 0 Å². The Balaban J connectivity index is 2.16. The zero-order valence-electron chi connectivity index (χ0n) is 9.40. The Morgan fingerprint density at radius 1 is 1.18 bits per heavy atom. The van der Waals surface area contributed by atoms with E-state index in [9.17, 15) is 8.78 Å². The van der Waals surface area contributed by atoms with Gasteiger partial charge in [-0.3, -0.25) is 0 Å². The summed E-state index contributed by atoms with van der Waals surface area (Å²) in [7, 11) is -0.885. The normalized spacial score (nSPS) is 11.8. The fourth-order valence-electron chi connectivity index (χ4n) is 1.49. The van der Waals surface area contributed by atoms with E-state index in [0.717, 1.165) is 30.5 Å². The second kappa shape index (κ2) is 7.49. The van der Waals surface area contributed by atoms with Gasteiger partial charge in [-0.25, -0.2) is 8.78 Å². The van der Waals surface area contributed by atoms with Crippen LogP contribution >= 0.6 is 0 Å². The lowest BCUT2D eigenvalue weighted by atomic mass is 10.1. The molecule has 0 unspecified atom stereocenters. The van der Waals surface area contributed by atoms with Crippen LogP contribution in [0.4, 0.5) is 8.78 Å². The van der Waals surface area contributed by atoms with Crippen LogP contribution in [0.3, 0.4) is 0 Å². The van der Waals surface area contributed by atoms with Crippen LogP contribution in [-0.4, -0.2) is 26.5 Å². The number of benzene rings is 1. The molecule has 0 saturated carbocycles. The van der Waals surface area contributed by atoms with Crippen LogP contribution in [0, 0.1) is 11.6 Å². The minimum atomic E-state index is -1.66. The van der Waals surface area contributed by atoms with Gasteiger partial charge in [0.25, 0.3) is 6.48 Å². The molecule has 17 heavy (non-hydrogen) atoms. The second-order valence-electron chi connectivity index (χ2n) is 3.76. The molecule has 0 atom stereocenters. The van der Waals surface area contributed by atoms with Crippen molar-refractivity contribution in [2.24, 2.45) is 0 Å². The van der Waals surface area contributed by atoms with Gasteiger partial charge in [-0.1, -0.05) is 12.5 Å². The van der Waals surface area contributed by atoms with Gasteiger partial charge in [0, 0.05) is 0 Å². The summed E-state index contributed by atoms with van der Waals surface area (Å²) in [5.74, 6) is -1.64. The molecule has 0 bridgehead atoms. The fourth-order valence-corrected chi connectivity index (χ4v) is 2.43. The molecule has 0 amide bonds. The van der Waals surface area contributed by atoms with Crippen LogP contribution in [0.15, 0.2) is 18.2 Å². The van der Waals surface area contributed by atoms with Crippen molar-refractivity contribution in [3.8, 4) is 0 Å². The van der Waals surface area contributed by atoms with E-state index in [-0.39, 0.29) is 0 Å². The highest BCUT2D eigenvalue weighted by atomic mass is 28.2. The summed E-state index contributed by atoms with van der Waals surface area (Å²) in [6.45, 7) is -1.66. The van der Waals surface area contributed by atoms with Gasteiger partial charge in [0.1, 0.15) is 0 Å². The highest BCUT2D eigenvalue weighted by Gasteiger charge is 2.02. The molecule has 0 aromatic heterocycles. The van der Waals surface area contributed by atoms with E-state index in [2.05, 4.69) is 4.43 Å². The molecule has 1 aromatic carbocycles. The molecular weight excluding hydrogens is 246 g/mol. The quantitative estimate of drug-likeness (QED) is 0.439. The zero-order valence-corrected chi connectivity index (χ0v) is 10.8. The van der Waals surface area contributed by atoms with Crippen LogP contribution < -0.4 is 0 Å². The van der Waals surface area contributed by atoms with Gasteiger partial charge < -0.3 is 14.6 Å². The molecule has 0 aliphatic heterocycles. The highest BCUT2D eigenvalue weighted by Crippen LogP contribution is 2.11. The summed E-state index contributed by atoms with van der Waals surface area (Å²) >= 11 is 0. The lowest BCUT2D eigenvalue weighted by Gasteiger charge is -2.05. The number of unbranched alkanes of at least 4 members (excludes halogenated alkanes) is 1. The number of halogens is 2. The van der Waals surface area contributed by atoms with Crippen molar-refractivity contribution in [2.75, 3.05) is 0 Å². The standard InChI is InChI=1S/C11H16F2O3Si/c12-9-5-4-8(7-10(9)13)3-1-2-6-17-16-11(14)15/h4-5,7,11,14-15H,1-3,6,17H2. The maximum Gasteiger partial charge on any atom is 0.256 e. The monoisotopic (exact) mass is 262 g/mol. The topological polar surface area (TPSA) is 49.7 Å². The first-order chi connectivity index (χ1) is 8.09. The average Bonchev–Trinajstić information content (AvgIpc) is 2.27. The largest absolute Gasteiger partial charge is 0.379 e. The molecule has 3 nitrogen and oxygen atoms in total. The molecule has 0 fully saturated rings. The van der Waals surface area contributed by atoms with Gasteiger partial charge in [-0.2, -0.15) is 0 Å². The minimum absolute atomic E-state index is 0.688. The van der Waals surface area contributed by atoms with Crippen molar-refractivity contribution in [1.29, 1.82) is 0 Å². The number of rotatable bonds is 7. The molecule has 0 radical (unpaired) electrons. The first-order valence-corrected chi connectivity index (χ1v) is 7.09. The van der Waals surface area contributed by atoms with Gasteiger partial charge in [-0.15, -0.1) is 0 Å². The predicted octanol–water partition coefficient (Wildman–Crippen LogP) is 1.07. The minimum Gasteiger partial charge on any atom is -0.379 e. The summed E-state index contributed by atoms with van der Waals surface area (Å²) < 4.78 is 30.2. The van der Waals surface area contributed by atoms with E-state index >= 15 is 0 Å². The van der Waals surface area contributed by atoms with Crippen molar-refractivity contribution in [3.05, 3.63) is 35.4 Å². The van der Waals surface area contributed by atoms with E-state index in [1.165, 1.54) is 6.07 Å². The van der Waals surface area contributed by atoms with Gasteiger partial charge in [-0.05, 0) is 36.6 Å². The summed E-state index contributed by atoms with van der Waals surface area (Å²) in [5.41, 5.74) is 0.772. The van der Waals surface area contributed by atoms with Gasteiger partial charge in [0.05, 0.1) is 0 Å². The lowest BCUT2D eigenvalue weighted by molar-refractivity contribution is -0.180. The highest BCUT2D eigenvalue weighted by molar-refractivity contribution is 6.26. The Kier molecular flexibility index (Phi) is 6.28. The summed E-state index contributed by atoms with van der Waals surface area (Å²) in [5, 5.41) is 16.9. The van der Waals surface area contributed by atoms with Crippen molar-refractivity contribution in [1.82, 2.24) is 0 Å². The molecule has 0 heterocycles. The Bertz CT molecular complexity index is 347. The van der Waals surface area contributed by atoms with E-state index in [4.69, 9.17) is 10.2 Å². The SMILES string of the molecule is OC(O)O[SiH2]CCCCc1ccc(F)c(F)c1. The zero-order chi connectivity index (χ0) is 12.7. The summed E-state index contributed by atoms with van der Waals surface area (Å²) in [4.78, 5) is 0. The van der Waals surface area contributed by atoms with E-state index in [1.54, 1.807) is 6.07 Å². The number of aliphatic hydroxyl groups excluding tert-OH is 1. The van der Waals surface area contributed by atoms with E-state index in [0.29, 0.717) is 6.42 Å². The van der Waals surface area contributed by atoms with E-state index < -0.39 is 27.9 Å². The van der Waals surface area contributed by atoms with Gasteiger partial charge >= 0.3 is 0 Å². The summed E-state index contributed by atoms with van der Waals surface area (Å²) in [6, 6.07) is 4.75. The molecule has 96 valence electrons.